The van der Waals surface area contributed by atoms with Crippen molar-refractivity contribution in [1.29, 1.82) is 0 Å². The Morgan fingerprint density at radius 3 is 2.35 bits per heavy atom. The van der Waals surface area contributed by atoms with Crippen LogP contribution in [0.2, 0.25) is 0 Å². The van der Waals surface area contributed by atoms with E-state index < -0.39 is 73.4 Å². The van der Waals surface area contributed by atoms with Crippen molar-refractivity contribution in [2.45, 2.75) is 103 Å². The zero-order chi connectivity index (χ0) is 61.3. The topological polar surface area (TPSA) is 285 Å². The van der Waals surface area contributed by atoms with Gasteiger partial charge in [0.05, 0.1) is 55.7 Å². The molecule has 3 heterocycles. The molecule has 2 unspecified atom stereocenters. The van der Waals surface area contributed by atoms with Gasteiger partial charge in [-0.05, 0) is 86.1 Å². The molecule has 4 aliphatic rings. The van der Waals surface area contributed by atoms with Crippen LogP contribution >= 0.6 is 0 Å². The Hall–Kier alpha value is -7.99. The number of ether oxygens (including phenoxy) is 3. The van der Waals surface area contributed by atoms with Gasteiger partial charge in [-0.15, -0.1) is 0 Å². The number of aryl methyl sites for hydroxylation is 1. The minimum Gasteiger partial charge on any atom is -0.493 e. The third-order valence-corrected chi connectivity index (χ3v) is 16.6. The highest BCUT2D eigenvalue weighted by molar-refractivity contribution is 7.85. The van der Waals surface area contributed by atoms with Gasteiger partial charge in [-0.3, -0.25) is 48.3 Å². The fraction of sp³-hybridized carbons (Fsp3) is 0.443. The van der Waals surface area contributed by atoms with Gasteiger partial charge in [0.1, 0.15) is 24.4 Å². The van der Waals surface area contributed by atoms with Crippen LogP contribution in [-0.4, -0.2) is 148 Å². The molecule has 450 valence electrons. The summed E-state index contributed by atoms with van der Waals surface area (Å²) in [5, 5.41) is 23.2. The van der Waals surface area contributed by atoms with Crippen LogP contribution in [0, 0.1) is 17.0 Å². The molecule has 84 heavy (non-hydrogen) atoms. The second kappa shape index (κ2) is 27.2. The number of allylic oxidation sites excluding steroid dienone is 6. The quantitative estimate of drug-likeness (QED) is 0.0138. The van der Waals surface area contributed by atoms with E-state index in [1.807, 2.05) is 81.3 Å². The van der Waals surface area contributed by atoms with Crippen molar-refractivity contribution in [3.8, 4) is 11.5 Å². The Balaban J connectivity index is 0.928. The summed E-state index contributed by atoms with van der Waals surface area (Å²) in [6, 6.07) is 15.6. The first-order valence-corrected chi connectivity index (χ1v) is 29.6. The van der Waals surface area contributed by atoms with Gasteiger partial charge in [0, 0.05) is 84.7 Å². The highest BCUT2D eigenvalue weighted by Crippen LogP contribution is 2.49. The molecule has 3 atom stereocenters. The summed E-state index contributed by atoms with van der Waals surface area (Å²) in [4.78, 5) is 95.4. The van der Waals surface area contributed by atoms with Gasteiger partial charge in [-0.1, -0.05) is 76.7 Å². The van der Waals surface area contributed by atoms with Crippen molar-refractivity contribution in [1.82, 2.24) is 31.1 Å². The number of amides is 5. The number of imide groups is 1. The molecular weight excluding hydrogens is 1100 g/mol. The third-order valence-electron chi connectivity index (χ3n) is 15.9. The predicted molar refractivity (Wildman–Crippen MR) is 316 cm³/mol. The lowest BCUT2D eigenvalue weighted by molar-refractivity contribution is -0.385. The number of unbranched alkanes of at least 4 members (excludes halogenated alkanes) is 1. The van der Waals surface area contributed by atoms with E-state index in [1.165, 1.54) is 31.4 Å². The molecule has 3 aliphatic heterocycles. The van der Waals surface area contributed by atoms with Crippen LogP contribution in [0.25, 0.3) is 0 Å². The van der Waals surface area contributed by atoms with Gasteiger partial charge >= 0.3 is 0 Å². The summed E-state index contributed by atoms with van der Waals surface area (Å²) < 4.78 is 51.4. The van der Waals surface area contributed by atoms with E-state index in [4.69, 9.17) is 14.2 Å². The van der Waals surface area contributed by atoms with Crippen LogP contribution in [0.4, 0.5) is 11.4 Å². The number of nitrogens with one attached hydrogen (secondary N) is 4. The number of carbonyl (C=O) groups is 6. The Morgan fingerprint density at radius 1 is 0.964 bits per heavy atom. The van der Waals surface area contributed by atoms with Crippen LogP contribution < -0.4 is 35.6 Å². The minimum atomic E-state index is -4.79. The first-order chi connectivity index (χ1) is 39.8. The van der Waals surface area contributed by atoms with Gasteiger partial charge in [0.2, 0.25) is 17.7 Å². The van der Waals surface area contributed by atoms with Gasteiger partial charge in [-0.25, -0.2) is 0 Å². The van der Waals surface area contributed by atoms with E-state index in [2.05, 4.69) is 52.7 Å². The molecule has 1 aliphatic carbocycles. The van der Waals surface area contributed by atoms with E-state index in [-0.39, 0.29) is 81.2 Å². The molecule has 3 aromatic rings. The maximum Gasteiger partial charge on any atom is 0.278 e. The number of nitrogens with zero attached hydrogens (tertiary/aromatic N) is 4. The summed E-state index contributed by atoms with van der Waals surface area (Å²) in [6.45, 7) is 17.5. The lowest BCUT2D eigenvalue weighted by Crippen LogP contribution is -2.55. The second-order valence-corrected chi connectivity index (χ2v) is 23.7. The largest absolute Gasteiger partial charge is 0.493 e. The Bertz CT molecular complexity index is 3310. The minimum absolute atomic E-state index is 0.000982. The molecule has 1 fully saturated rings. The van der Waals surface area contributed by atoms with Crippen molar-refractivity contribution >= 4 is 56.8 Å². The molecule has 3 aromatic carbocycles. The van der Waals surface area contributed by atoms with E-state index >= 15 is 0 Å². The summed E-state index contributed by atoms with van der Waals surface area (Å²) in [5.41, 5.74) is 6.08. The number of nitro groups is 1. The van der Waals surface area contributed by atoms with Gasteiger partial charge in [0.25, 0.3) is 27.6 Å². The number of ketones is 1. The number of anilines is 1. The standard InChI is InChI=1S/C61H76N8O14S/c1-38-17-10-11-18-44(38)60(4,5)39(2)33-42-56(43(57(42)73)35-52-61(6,7)45-19-12-13-20-47(45)66(52)8)67-28-16-21-48(67)59(75)65-46(37-84(78,79)80)58(74)64-25-15-14-22-53(70)63-27-31-83-51-36-49(69(76)77)41(34-50(51)81-9)40(3)62-26-30-82-32-29-68-54(71)23-24-55(68)72/h10-13,17-20,23-24,33-36,40,46,48,62H,2,14-16,21-22,25-32,37H2,1,3-9H3,(H,63,70)(H,64,74)(H,65,75)(H,78,79,80)/b42-33-,52-35+/t40?,46?,48-/m1/s1. The lowest BCUT2D eigenvalue weighted by atomic mass is 9.73. The number of fused-ring (bicyclic) bond motifs is 1. The molecule has 0 saturated carbocycles. The number of carbonyl (C=O) groups excluding carboxylic acids is 6. The summed E-state index contributed by atoms with van der Waals surface area (Å²) in [6.07, 6.45) is 7.54. The number of likely N-dealkylation sites (tertiary alicyclic amines) is 1. The molecule has 5 N–H and O–H groups in total. The van der Waals surface area contributed by atoms with E-state index in [0.29, 0.717) is 60.3 Å². The van der Waals surface area contributed by atoms with E-state index in [1.54, 1.807) is 13.0 Å². The summed E-state index contributed by atoms with van der Waals surface area (Å²) in [7, 11) is -1.45. The molecule has 23 heteroatoms. The fourth-order valence-electron chi connectivity index (χ4n) is 11.1. The number of hydrogen-bond donors (Lipinski definition) is 5. The van der Waals surface area contributed by atoms with Crippen LogP contribution in [0.5, 0.6) is 11.5 Å². The second-order valence-electron chi connectivity index (χ2n) is 22.2. The molecule has 0 radical (unpaired) electrons. The third kappa shape index (κ3) is 14.7. The maximum absolute atomic E-state index is 14.5. The number of benzene rings is 3. The Morgan fingerprint density at radius 2 is 1.67 bits per heavy atom. The first kappa shape index (κ1) is 63.6. The van der Waals surface area contributed by atoms with Gasteiger partial charge in [-0.2, -0.15) is 8.42 Å². The summed E-state index contributed by atoms with van der Waals surface area (Å²) in [5.74, 6) is -3.71. The monoisotopic (exact) mass is 1180 g/mol. The normalized spacial score (nSPS) is 18.3. The maximum atomic E-state index is 14.5. The number of methoxy groups -OCH3 is 1. The predicted octanol–water partition coefficient (Wildman–Crippen LogP) is 5.73. The van der Waals surface area contributed by atoms with Crippen molar-refractivity contribution in [2.24, 2.45) is 0 Å². The van der Waals surface area contributed by atoms with E-state index in [9.17, 15) is 51.9 Å². The molecular formula is C61H76N8O14S. The fourth-order valence-corrected chi connectivity index (χ4v) is 11.7. The molecule has 0 aromatic heterocycles. The average molecular weight is 1180 g/mol. The molecule has 1 saturated heterocycles. The van der Waals surface area contributed by atoms with Crippen LogP contribution in [0.3, 0.4) is 0 Å². The van der Waals surface area contributed by atoms with Crippen LogP contribution in [-0.2, 0) is 54.5 Å². The zero-order valence-electron chi connectivity index (χ0n) is 48.9. The van der Waals surface area contributed by atoms with Crippen LogP contribution in [0.15, 0.2) is 120 Å². The van der Waals surface area contributed by atoms with Crippen molar-refractivity contribution < 1.29 is 60.9 Å². The van der Waals surface area contributed by atoms with Crippen molar-refractivity contribution in [3.05, 3.63) is 152 Å². The number of rotatable bonds is 29. The van der Waals surface area contributed by atoms with Crippen molar-refractivity contribution in [3.63, 3.8) is 0 Å². The summed E-state index contributed by atoms with van der Waals surface area (Å²) >= 11 is 0. The number of para-hydroxylation sites is 1. The van der Waals surface area contributed by atoms with Crippen LogP contribution in [0.1, 0.15) is 95.0 Å². The first-order valence-electron chi connectivity index (χ1n) is 28.0. The Kier molecular flexibility index (Phi) is 20.6. The van der Waals surface area contributed by atoms with Gasteiger partial charge in [0.15, 0.2) is 17.3 Å². The average Bonchev–Trinajstić information content (AvgIpc) is 2.09. The van der Waals surface area contributed by atoms with E-state index in [0.717, 1.165) is 33.0 Å². The Labute approximate surface area is 490 Å². The SMILES string of the molecule is C=C(/C=C1\C(=O)C(/C=C2/N(C)c3ccccc3C2(C)C)=C1N1CCC[C@@H]1C(=O)NC(CS(=O)(=O)O)C(=O)NCCCCC(=O)NCCOc1cc([N+](=O)[O-])c(C(C)NCCOCCN2C(=O)C=CC2=O)cc1OC)C(C)(C)c1ccccc1C. The zero-order valence-corrected chi connectivity index (χ0v) is 49.7. The molecule has 22 nitrogen and oxygen atoms in total. The molecule has 0 spiro atoms. The van der Waals surface area contributed by atoms with Gasteiger partial charge < -0.3 is 45.3 Å². The molecule has 7 rings (SSSR count). The number of hydrogen-bond acceptors (Lipinski definition) is 16. The number of Topliss-reactive ketones (excluding diaryl/α,β-unsaturated/α-hetero) is 1. The highest BCUT2D eigenvalue weighted by atomic mass is 32.2. The van der Waals surface area contributed by atoms with Crippen molar-refractivity contribution in [2.75, 3.05) is 77.4 Å². The smallest absolute Gasteiger partial charge is 0.278 e. The molecule has 0 bridgehead atoms. The number of likely N-dealkylation sites (N-methyl/N-ethyl adjacent to an activating group) is 1. The lowest BCUT2D eigenvalue weighted by Gasteiger charge is -2.38. The number of nitro benzene ring substituents is 1. The molecule has 5 amide bonds. The highest BCUT2D eigenvalue weighted by Gasteiger charge is 2.46.